The van der Waals surface area contributed by atoms with Crippen molar-refractivity contribution in [2.75, 3.05) is 23.7 Å². The number of carbonyl (C=O) groups excluding carboxylic acids is 2. The van der Waals surface area contributed by atoms with Gasteiger partial charge in [0, 0.05) is 24.5 Å². The van der Waals surface area contributed by atoms with Crippen LogP contribution in [-0.4, -0.2) is 25.2 Å². The minimum atomic E-state index is -0.148. The fourth-order valence-electron chi connectivity index (χ4n) is 4.92. The van der Waals surface area contributed by atoms with Gasteiger partial charge in [-0.3, -0.25) is 0 Å². The number of amides is 4. The summed E-state index contributed by atoms with van der Waals surface area (Å²) in [4.78, 5) is 24.4. The molecule has 0 saturated heterocycles. The van der Waals surface area contributed by atoms with E-state index in [2.05, 4.69) is 35.1 Å². The molecule has 4 N–H and O–H groups in total. The average molecular weight is 565 g/mol. The van der Waals surface area contributed by atoms with Crippen LogP contribution in [0.5, 0.6) is 0 Å². The Kier molecular flexibility index (Phi) is 18.9. The van der Waals surface area contributed by atoms with E-state index in [1.807, 2.05) is 48.5 Å². The molecular formula is C35H56N4O2. The van der Waals surface area contributed by atoms with Crippen LogP contribution in [0, 0.1) is 0 Å². The van der Waals surface area contributed by atoms with E-state index in [0.29, 0.717) is 13.1 Å². The Bertz CT molecular complexity index is 866. The molecule has 4 amide bonds. The zero-order valence-electron chi connectivity index (χ0n) is 25.9. The van der Waals surface area contributed by atoms with Gasteiger partial charge in [0.05, 0.1) is 0 Å². The lowest BCUT2D eigenvalue weighted by atomic mass is 10.0. The minimum absolute atomic E-state index is 0.148. The van der Waals surface area contributed by atoms with Crippen LogP contribution in [0.15, 0.2) is 48.5 Å². The molecular weight excluding hydrogens is 508 g/mol. The molecule has 0 heterocycles. The molecule has 228 valence electrons. The molecule has 2 rings (SSSR count). The third-order valence-electron chi connectivity index (χ3n) is 7.46. The summed E-state index contributed by atoms with van der Waals surface area (Å²) in [6.45, 7) is 5.91. The van der Waals surface area contributed by atoms with Crippen molar-refractivity contribution in [3.8, 4) is 0 Å². The lowest BCUT2D eigenvalue weighted by Crippen LogP contribution is -2.29. The predicted molar refractivity (Wildman–Crippen MR) is 175 cm³/mol. The number of nitrogens with one attached hydrogen (secondary N) is 4. The first-order valence-corrected chi connectivity index (χ1v) is 16.4. The van der Waals surface area contributed by atoms with Crippen molar-refractivity contribution in [2.24, 2.45) is 0 Å². The molecule has 6 heteroatoms. The average Bonchev–Trinajstić information content (AvgIpc) is 2.97. The zero-order valence-corrected chi connectivity index (χ0v) is 25.9. The van der Waals surface area contributed by atoms with Crippen molar-refractivity contribution in [3.05, 3.63) is 59.7 Å². The Labute approximate surface area is 249 Å². The number of urea groups is 2. The van der Waals surface area contributed by atoms with Gasteiger partial charge in [0.1, 0.15) is 0 Å². The fourth-order valence-corrected chi connectivity index (χ4v) is 4.92. The first-order valence-electron chi connectivity index (χ1n) is 16.4. The molecule has 0 aliphatic carbocycles. The van der Waals surface area contributed by atoms with Gasteiger partial charge in [-0.2, -0.15) is 0 Å². The van der Waals surface area contributed by atoms with Crippen molar-refractivity contribution < 1.29 is 9.59 Å². The Balaban J connectivity index is 1.57. The van der Waals surface area contributed by atoms with Crippen LogP contribution in [-0.2, 0) is 6.42 Å². The third kappa shape index (κ3) is 17.4. The molecule has 0 aliphatic rings. The second kappa shape index (κ2) is 22.6. The van der Waals surface area contributed by atoms with E-state index in [1.165, 1.54) is 101 Å². The van der Waals surface area contributed by atoms with E-state index in [-0.39, 0.29) is 12.1 Å². The largest absolute Gasteiger partial charge is 0.338 e. The molecule has 2 aromatic rings. The SMILES string of the molecule is CCCCCCCCCCNC(=O)Nc1ccc(Cc2ccc(NC(=O)NCCCCCCCCCC)cc2)cc1. The van der Waals surface area contributed by atoms with Crippen molar-refractivity contribution in [1.29, 1.82) is 0 Å². The van der Waals surface area contributed by atoms with Gasteiger partial charge >= 0.3 is 12.1 Å². The van der Waals surface area contributed by atoms with Crippen molar-refractivity contribution in [2.45, 2.75) is 123 Å². The Morgan fingerprint density at radius 2 is 0.780 bits per heavy atom. The second-order valence-electron chi connectivity index (χ2n) is 11.3. The minimum Gasteiger partial charge on any atom is -0.338 e. The maximum atomic E-state index is 12.2. The van der Waals surface area contributed by atoms with Gasteiger partial charge in [-0.05, 0) is 54.7 Å². The van der Waals surface area contributed by atoms with E-state index in [0.717, 1.165) is 30.6 Å². The highest BCUT2D eigenvalue weighted by atomic mass is 16.2. The Morgan fingerprint density at radius 1 is 0.463 bits per heavy atom. The Hall–Kier alpha value is -3.02. The molecule has 41 heavy (non-hydrogen) atoms. The van der Waals surface area contributed by atoms with Crippen molar-refractivity contribution in [1.82, 2.24) is 10.6 Å². The first-order chi connectivity index (χ1) is 20.1. The predicted octanol–water partition coefficient (Wildman–Crippen LogP) is 9.80. The second-order valence-corrected chi connectivity index (χ2v) is 11.3. The van der Waals surface area contributed by atoms with Crippen LogP contribution < -0.4 is 21.3 Å². The number of anilines is 2. The lowest BCUT2D eigenvalue weighted by Gasteiger charge is -2.10. The summed E-state index contributed by atoms with van der Waals surface area (Å²) in [5.74, 6) is 0. The molecule has 6 nitrogen and oxygen atoms in total. The smallest absolute Gasteiger partial charge is 0.319 e. The van der Waals surface area contributed by atoms with E-state index < -0.39 is 0 Å². The van der Waals surface area contributed by atoms with E-state index in [9.17, 15) is 9.59 Å². The molecule has 0 saturated carbocycles. The van der Waals surface area contributed by atoms with Gasteiger partial charge in [-0.25, -0.2) is 9.59 Å². The Morgan fingerprint density at radius 3 is 1.12 bits per heavy atom. The monoisotopic (exact) mass is 564 g/mol. The molecule has 0 radical (unpaired) electrons. The summed E-state index contributed by atoms with van der Waals surface area (Å²) >= 11 is 0. The maximum Gasteiger partial charge on any atom is 0.319 e. The number of benzene rings is 2. The molecule has 0 spiro atoms. The van der Waals surface area contributed by atoms with Crippen LogP contribution in [0.25, 0.3) is 0 Å². The summed E-state index contributed by atoms with van der Waals surface area (Å²) in [5.41, 5.74) is 3.91. The first kappa shape index (κ1) is 34.2. The highest BCUT2D eigenvalue weighted by molar-refractivity contribution is 5.89. The van der Waals surface area contributed by atoms with Gasteiger partial charge < -0.3 is 21.3 Å². The number of hydrogen-bond donors (Lipinski definition) is 4. The molecule has 0 bridgehead atoms. The van der Waals surface area contributed by atoms with Crippen LogP contribution >= 0.6 is 0 Å². The van der Waals surface area contributed by atoms with Crippen LogP contribution in [0.1, 0.15) is 128 Å². The summed E-state index contributed by atoms with van der Waals surface area (Å²) < 4.78 is 0. The van der Waals surface area contributed by atoms with E-state index in [1.54, 1.807) is 0 Å². The number of carbonyl (C=O) groups is 2. The van der Waals surface area contributed by atoms with Crippen LogP contribution in [0.3, 0.4) is 0 Å². The molecule has 2 aromatic carbocycles. The molecule has 0 aliphatic heterocycles. The lowest BCUT2D eigenvalue weighted by molar-refractivity contribution is 0.251. The summed E-state index contributed by atoms with van der Waals surface area (Å²) in [6.07, 6.45) is 20.9. The number of hydrogen-bond acceptors (Lipinski definition) is 2. The molecule has 0 fully saturated rings. The topological polar surface area (TPSA) is 82.3 Å². The highest BCUT2D eigenvalue weighted by Crippen LogP contribution is 2.16. The summed E-state index contributed by atoms with van der Waals surface area (Å²) in [5, 5.41) is 11.8. The fraction of sp³-hybridized carbons (Fsp3) is 0.600. The summed E-state index contributed by atoms with van der Waals surface area (Å²) in [7, 11) is 0. The number of unbranched alkanes of at least 4 members (excludes halogenated alkanes) is 14. The van der Waals surface area contributed by atoms with Crippen molar-refractivity contribution in [3.63, 3.8) is 0 Å². The normalized spacial score (nSPS) is 10.8. The highest BCUT2D eigenvalue weighted by Gasteiger charge is 2.04. The van der Waals surface area contributed by atoms with Gasteiger partial charge in [0.15, 0.2) is 0 Å². The number of rotatable bonds is 22. The molecule has 0 aromatic heterocycles. The standard InChI is InChI=1S/C35H56N4O2/c1-3-5-7-9-11-13-15-17-27-36-34(40)38-32-23-19-30(20-24-32)29-31-21-25-33(26-22-31)39-35(41)37-28-18-16-14-12-10-8-6-4-2/h19-26H,3-18,27-29H2,1-2H3,(H2,36,38,40)(H2,37,39,41). The molecule has 0 unspecified atom stereocenters. The van der Waals surface area contributed by atoms with Crippen LogP contribution in [0.4, 0.5) is 21.0 Å². The van der Waals surface area contributed by atoms with Gasteiger partial charge in [0.2, 0.25) is 0 Å². The van der Waals surface area contributed by atoms with E-state index >= 15 is 0 Å². The molecule has 0 atom stereocenters. The van der Waals surface area contributed by atoms with Gasteiger partial charge in [-0.15, -0.1) is 0 Å². The van der Waals surface area contributed by atoms with Gasteiger partial charge in [0.25, 0.3) is 0 Å². The quantitative estimate of drug-likeness (QED) is 0.107. The van der Waals surface area contributed by atoms with Crippen molar-refractivity contribution >= 4 is 23.4 Å². The van der Waals surface area contributed by atoms with Crippen LogP contribution in [0.2, 0.25) is 0 Å². The van der Waals surface area contributed by atoms with E-state index in [4.69, 9.17) is 0 Å². The summed E-state index contributed by atoms with van der Waals surface area (Å²) in [6, 6.07) is 15.6. The maximum absolute atomic E-state index is 12.2. The third-order valence-corrected chi connectivity index (χ3v) is 7.46. The van der Waals surface area contributed by atoms with Gasteiger partial charge in [-0.1, -0.05) is 128 Å². The zero-order chi connectivity index (χ0) is 29.4.